The van der Waals surface area contributed by atoms with E-state index in [0.717, 1.165) is 34.1 Å². The van der Waals surface area contributed by atoms with E-state index >= 15 is 0 Å². The van der Waals surface area contributed by atoms with E-state index in [1.807, 2.05) is 56.3 Å². The van der Waals surface area contributed by atoms with Crippen molar-refractivity contribution in [3.8, 4) is 0 Å². The molecule has 0 aromatic heterocycles. The van der Waals surface area contributed by atoms with E-state index < -0.39 is 17.5 Å². The average molecular weight is 367 g/mol. The molecule has 1 aliphatic heterocycles. The number of nitrogens with zero attached hydrogens (tertiary/aromatic N) is 1. The number of nitrogens with one attached hydrogen (secondary N) is 2. The first-order chi connectivity index (χ1) is 12.9. The Bertz CT molecular complexity index is 890. The van der Waals surface area contributed by atoms with E-state index in [1.54, 1.807) is 6.92 Å². The minimum absolute atomic E-state index is 0.00715. The number of carbonyl (C=O) groups is 3. The molecule has 142 valence electrons. The number of carbonyl (C=O) groups excluding carboxylic acids is 3. The van der Waals surface area contributed by atoms with Gasteiger partial charge in [0.2, 0.25) is 5.91 Å². The summed E-state index contributed by atoms with van der Waals surface area (Å²) in [6, 6.07) is 12.8. The van der Waals surface area contributed by atoms with Crippen LogP contribution in [-0.2, 0) is 15.1 Å². The van der Waals surface area contributed by atoms with Gasteiger partial charge in [0.05, 0.1) is 0 Å². The summed E-state index contributed by atoms with van der Waals surface area (Å²) < 4.78 is 0. The van der Waals surface area contributed by atoms with Gasteiger partial charge in [0.15, 0.2) is 0 Å². The first kappa shape index (κ1) is 18.9. The Hall–Kier alpha value is -2.89. The molecule has 2 atom stereocenters. The third-order valence-electron chi connectivity index (χ3n) is 5.03. The van der Waals surface area contributed by atoms with E-state index in [9.17, 15) is 14.4 Å². The molecule has 6 nitrogen and oxygen atoms in total. The van der Waals surface area contributed by atoms with Crippen LogP contribution in [0.25, 0.3) is 10.8 Å². The molecule has 2 aromatic carbocycles. The molecule has 3 rings (SSSR count). The van der Waals surface area contributed by atoms with Crippen molar-refractivity contribution in [2.45, 2.75) is 45.2 Å². The average Bonchev–Trinajstić information content (AvgIpc) is 2.85. The van der Waals surface area contributed by atoms with E-state index in [1.165, 1.54) is 0 Å². The molecule has 2 aromatic rings. The Labute approximate surface area is 158 Å². The lowest BCUT2D eigenvalue weighted by Crippen LogP contribution is -2.45. The highest BCUT2D eigenvalue weighted by Gasteiger charge is 2.50. The standard InChI is InChI=1S/C21H25N3O3/c1-4-8-14(2)22-18(25)13-24-19(26)21(3,23-20(24)27)17-12-7-10-15-9-5-6-11-16(15)17/h5-7,9-12,14H,4,8,13H2,1-3H3,(H,22,25)(H,23,27)/t14-,21-/m0/s1. The topological polar surface area (TPSA) is 78.5 Å². The van der Waals surface area contributed by atoms with Crippen molar-refractivity contribution in [3.63, 3.8) is 0 Å². The first-order valence-corrected chi connectivity index (χ1v) is 9.28. The van der Waals surface area contributed by atoms with Crippen LogP contribution in [0.4, 0.5) is 4.79 Å². The molecule has 0 aliphatic carbocycles. The predicted octanol–water partition coefficient (Wildman–Crippen LogP) is 2.91. The number of fused-ring (bicyclic) bond motifs is 1. The lowest BCUT2D eigenvalue weighted by Gasteiger charge is -2.24. The zero-order valence-electron chi connectivity index (χ0n) is 15.9. The molecule has 6 heteroatoms. The highest BCUT2D eigenvalue weighted by atomic mass is 16.2. The minimum atomic E-state index is -1.20. The smallest absolute Gasteiger partial charge is 0.325 e. The van der Waals surface area contributed by atoms with Gasteiger partial charge < -0.3 is 10.6 Å². The van der Waals surface area contributed by atoms with Gasteiger partial charge in [-0.15, -0.1) is 0 Å². The molecular weight excluding hydrogens is 342 g/mol. The molecule has 27 heavy (non-hydrogen) atoms. The van der Waals surface area contributed by atoms with Gasteiger partial charge in [-0.25, -0.2) is 4.79 Å². The third-order valence-corrected chi connectivity index (χ3v) is 5.03. The van der Waals surface area contributed by atoms with Crippen LogP contribution < -0.4 is 10.6 Å². The van der Waals surface area contributed by atoms with Gasteiger partial charge in [-0.3, -0.25) is 14.5 Å². The second-order valence-corrected chi connectivity index (χ2v) is 7.23. The fourth-order valence-electron chi connectivity index (χ4n) is 3.65. The number of imide groups is 1. The molecule has 0 radical (unpaired) electrons. The predicted molar refractivity (Wildman–Crippen MR) is 104 cm³/mol. The molecule has 1 aliphatic rings. The number of benzene rings is 2. The second kappa shape index (κ2) is 7.39. The van der Waals surface area contributed by atoms with E-state index in [0.29, 0.717) is 0 Å². The van der Waals surface area contributed by atoms with Crippen LogP contribution in [-0.4, -0.2) is 35.3 Å². The number of amides is 4. The van der Waals surface area contributed by atoms with Crippen molar-refractivity contribution < 1.29 is 14.4 Å². The number of urea groups is 1. The normalized spacial score (nSPS) is 20.6. The highest BCUT2D eigenvalue weighted by molar-refractivity contribution is 6.10. The molecule has 0 bridgehead atoms. The van der Waals surface area contributed by atoms with E-state index in [2.05, 4.69) is 10.6 Å². The van der Waals surface area contributed by atoms with Gasteiger partial charge in [-0.1, -0.05) is 55.8 Å². The molecule has 0 unspecified atom stereocenters. The summed E-state index contributed by atoms with van der Waals surface area (Å²) in [6.07, 6.45) is 1.79. The maximum absolute atomic E-state index is 13.1. The van der Waals surface area contributed by atoms with Crippen molar-refractivity contribution in [1.29, 1.82) is 0 Å². The van der Waals surface area contributed by atoms with Crippen molar-refractivity contribution in [2.24, 2.45) is 0 Å². The Morgan fingerprint density at radius 2 is 1.89 bits per heavy atom. The van der Waals surface area contributed by atoms with Gasteiger partial charge in [0.25, 0.3) is 5.91 Å². The fraction of sp³-hybridized carbons (Fsp3) is 0.381. The maximum Gasteiger partial charge on any atom is 0.325 e. The van der Waals surface area contributed by atoms with Crippen molar-refractivity contribution in [1.82, 2.24) is 15.5 Å². The maximum atomic E-state index is 13.1. The zero-order chi connectivity index (χ0) is 19.6. The second-order valence-electron chi connectivity index (χ2n) is 7.23. The largest absolute Gasteiger partial charge is 0.352 e. The SMILES string of the molecule is CCC[C@H](C)NC(=O)CN1C(=O)N[C@@](C)(c2cccc3ccccc23)C1=O. The van der Waals surface area contributed by atoms with Crippen LogP contribution >= 0.6 is 0 Å². The fourth-order valence-corrected chi connectivity index (χ4v) is 3.65. The molecule has 0 saturated carbocycles. The van der Waals surface area contributed by atoms with Gasteiger partial charge in [-0.2, -0.15) is 0 Å². The lowest BCUT2D eigenvalue weighted by molar-refractivity contribution is -0.135. The van der Waals surface area contributed by atoms with E-state index in [-0.39, 0.29) is 18.5 Å². The van der Waals surface area contributed by atoms with Crippen molar-refractivity contribution >= 4 is 28.6 Å². The summed E-state index contributed by atoms with van der Waals surface area (Å²) in [7, 11) is 0. The molecular formula is C21H25N3O3. The Morgan fingerprint density at radius 1 is 1.19 bits per heavy atom. The summed E-state index contributed by atoms with van der Waals surface area (Å²) in [4.78, 5) is 38.8. The minimum Gasteiger partial charge on any atom is -0.352 e. The van der Waals surface area contributed by atoms with Gasteiger partial charge >= 0.3 is 6.03 Å². The molecule has 1 saturated heterocycles. The van der Waals surface area contributed by atoms with Crippen LogP contribution in [0.15, 0.2) is 42.5 Å². The summed E-state index contributed by atoms with van der Waals surface area (Å²) in [5.41, 5.74) is -0.478. The Balaban J connectivity index is 1.85. The van der Waals surface area contributed by atoms with Crippen molar-refractivity contribution in [2.75, 3.05) is 6.54 Å². The molecule has 1 heterocycles. The zero-order valence-corrected chi connectivity index (χ0v) is 15.9. The highest BCUT2D eigenvalue weighted by Crippen LogP contribution is 2.33. The summed E-state index contributed by atoms with van der Waals surface area (Å²) in [5.74, 6) is -0.747. The van der Waals surface area contributed by atoms with Crippen LogP contribution in [0.1, 0.15) is 39.2 Å². The Kier molecular flexibility index (Phi) is 5.17. The summed E-state index contributed by atoms with van der Waals surface area (Å²) in [6.45, 7) is 5.36. The van der Waals surface area contributed by atoms with E-state index in [4.69, 9.17) is 0 Å². The third kappa shape index (κ3) is 3.52. The first-order valence-electron chi connectivity index (χ1n) is 9.28. The molecule has 4 amide bonds. The summed E-state index contributed by atoms with van der Waals surface area (Å²) in [5, 5.41) is 7.50. The van der Waals surface area contributed by atoms with Gasteiger partial charge in [0, 0.05) is 6.04 Å². The monoisotopic (exact) mass is 367 g/mol. The van der Waals surface area contributed by atoms with Crippen LogP contribution in [0.3, 0.4) is 0 Å². The number of hydrogen-bond acceptors (Lipinski definition) is 3. The van der Waals surface area contributed by atoms with Gasteiger partial charge in [0.1, 0.15) is 12.1 Å². The Morgan fingerprint density at radius 3 is 2.63 bits per heavy atom. The van der Waals surface area contributed by atoms with Crippen molar-refractivity contribution in [3.05, 3.63) is 48.0 Å². The van der Waals surface area contributed by atoms with Crippen LogP contribution in [0.2, 0.25) is 0 Å². The van der Waals surface area contributed by atoms with Crippen LogP contribution in [0, 0.1) is 0 Å². The summed E-state index contributed by atoms with van der Waals surface area (Å²) >= 11 is 0. The molecule has 2 N–H and O–H groups in total. The quantitative estimate of drug-likeness (QED) is 0.771. The lowest BCUT2D eigenvalue weighted by atomic mass is 9.88. The van der Waals surface area contributed by atoms with Gasteiger partial charge in [-0.05, 0) is 36.6 Å². The number of rotatable bonds is 6. The molecule has 0 spiro atoms. The number of hydrogen-bond donors (Lipinski definition) is 2. The van der Waals surface area contributed by atoms with Crippen LogP contribution in [0.5, 0.6) is 0 Å². The molecule has 1 fully saturated rings.